The smallest absolute Gasteiger partial charge is 0.331 e. The molecule has 1 heterocycles. The van der Waals surface area contributed by atoms with Gasteiger partial charge in [-0.15, -0.1) is 0 Å². The first-order valence-electron chi connectivity index (χ1n) is 11.8. The molecule has 11 nitrogen and oxygen atoms in total. The highest BCUT2D eigenvalue weighted by molar-refractivity contribution is 6.03. The van der Waals surface area contributed by atoms with E-state index in [-0.39, 0.29) is 17.5 Å². The number of hydrogen-bond acceptors (Lipinski definition) is 10. The number of methoxy groups -OCH3 is 2. The molecule has 194 valence electrons. The number of anilines is 2. The van der Waals surface area contributed by atoms with Crippen LogP contribution in [0.5, 0.6) is 11.5 Å². The topological polar surface area (TPSA) is 136 Å². The lowest BCUT2D eigenvalue weighted by Crippen LogP contribution is -2.05. The lowest BCUT2D eigenvalue weighted by molar-refractivity contribution is -0.384. The number of fused-ring (bicyclic) bond motifs is 2. The van der Waals surface area contributed by atoms with E-state index in [1.807, 2.05) is 72.8 Å². The van der Waals surface area contributed by atoms with Crippen LogP contribution in [0.1, 0.15) is 11.1 Å². The number of nitrogens with one attached hydrogen (secondary N) is 2. The molecule has 5 aromatic rings. The summed E-state index contributed by atoms with van der Waals surface area (Å²) < 4.78 is 11.0. The fourth-order valence-corrected chi connectivity index (χ4v) is 4.13. The third kappa shape index (κ3) is 5.27. The average Bonchev–Trinajstić information content (AvgIpc) is 2.97. The summed E-state index contributed by atoms with van der Waals surface area (Å²) >= 11 is 0. The minimum atomic E-state index is -0.593. The molecule has 0 aliphatic rings. The van der Waals surface area contributed by atoms with E-state index < -0.39 is 4.92 Å². The van der Waals surface area contributed by atoms with Crippen LogP contribution < -0.4 is 20.3 Å². The van der Waals surface area contributed by atoms with Gasteiger partial charge in [-0.25, -0.2) is 10.4 Å². The summed E-state index contributed by atoms with van der Waals surface area (Å²) in [5.41, 5.74) is 6.51. The van der Waals surface area contributed by atoms with Gasteiger partial charge >= 0.3 is 5.69 Å². The Kier molecular flexibility index (Phi) is 7.21. The largest absolute Gasteiger partial charge is 0.496 e. The Morgan fingerprint density at radius 3 is 1.87 bits per heavy atom. The molecule has 0 saturated carbocycles. The van der Waals surface area contributed by atoms with Crippen LogP contribution in [0.2, 0.25) is 0 Å². The molecular formula is C28H23N7O4. The SMILES string of the molecule is COc1ccc2ccccc2c1/C=N/Nc1ncc([N+](=O)[O-])c(N/N=C/c2c(OC)ccc3ccccc23)n1. The lowest BCUT2D eigenvalue weighted by atomic mass is 10.0. The van der Waals surface area contributed by atoms with Crippen LogP contribution in [0, 0.1) is 10.1 Å². The number of ether oxygens (including phenoxy) is 2. The summed E-state index contributed by atoms with van der Waals surface area (Å²) in [5.74, 6) is 1.18. The van der Waals surface area contributed by atoms with Crippen LogP contribution in [-0.2, 0) is 0 Å². The van der Waals surface area contributed by atoms with Crippen molar-refractivity contribution in [2.45, 2.75) is 0 Å². The average molecular weight is 522 g/mol. The monoisotopic (exact) mass is 521 g/mol. The normalized spacial score (nSPS) is 11.3. The molecule has 0 saturated heterocycles. The van der Waals surface area contributed by atoms with Gasteiger partial charge in [-0.2, -0.15) is 15.2 Å². The van der Waals surface area contributed by atoms with E-state index in [9.17, 15) is 10.1 Å². The molecule has 5 rings (SSSR count). The van der Waals surface area contributed by atoms with Crippen LogP contribution in [0.25, 0.3) is 21.5 Å². The zero-order chi connectivity index (χ0) is 27.2. The Labute approximate surface area is 223 Å². The second-order valence-corrected chi connectivity index (χ2v) is 8.23. The summed E-state index contributed by atoms with van der Waals surface area (Å²) in [4.78, 5) is 19.2. The fourth-order valence-electron chi connectivity index (χ4n) is 4.13. The van der Waals surface area contributed by atoms with Crippen molar-refractivity contribution >= 4 is 51.4 Å². The molecule has 11 heteroatoms. The molecular weight excluding hydrogens is 498 g/mol. The minimum Gasteiger partial charge on any atom is -0.496 e. The van der Waals surface area contributed by atoms with Crippen molar-refractivity contribution < 1.29 is 14.4 Å². The summed E-state index contributed by atoms with van der Waals surface area (Å²) in [6.07, 6.45) is 4.20. The second kappa shape index (κ2) is 11.2. The molecule has 0 unspecified atom stereocenters. The molecule has 0 aliphatic carbocycles. The highest BCUT2D eigenvalue weighted by atomic mass is 16.6. The highest BCUT2D eigenvalue weighted by Crippen LogP contribution is 2.28. The predicted octanol–water partition coefficient (Wildman–Crippen LogP) is 5.60. The van der Waals surface area contributed by atoms with Crippen LogP contribution in [-0.4, -0.2) is 41.5 Å². The number of aromatic nitrogens is 2. The van der Waals surface area contributed by atoms with Crippen molar-refractivity contribution in [3.63, 3.8) is 0 Å². The molecule has 0 fully saturated rings. The molecule has 0 radical (unpaired) electrons. The first kappa shape index (κ1) is 25.1. The Balaban J connectivity index is 1.41. The van der Waals surface area contributed by atoms with Gasteiger partial charge in [-0.3, -0.25) is 15.5 Å². The highest BCUT2D eigenvalue weighted by Gasteiger charge is 2.17. The number of hydrogen-bond donors (Lipinski definition) is 2. The van der Waals surface area contributed by atoms with Crippen molar-refractivity contribution in [2.24, 2.45) is 10.2 Å². The number of hydrazone groups is 2. The molecule has 0 bridgehead atoms. The van der Waals surface area contributed by atoms with Crippen molar-refractivity contribution in [1.29, 1.82) is 0 Å². The lowest BCUT2D eigenvalue weighted by Gasteiger charge is -2.09. The molecule has 0 atom stereocenters. The maximum Gasteiger partial charge on any atom is 0.331 e. The van der Waals surface area contributed by atoms with E-state index in [4.69, 9.17) is 9.47 Å². The number of nitro groups is 1. The molecule has 1 aromatic heterocycles. The Bertz CT molecular complexity index is 1740. The van der Waals surface area contributed by atoms with Gasteiger partial charge in [-0.1, -0.05) is 60.7 Å². The van der Waals surface area contributed by atoms with Gasteiger partial charge in [0, 0.05) is 11.1 Å². The third-order valence-corrected chi connectivity index (χ3v) is 5.99. The molecule has 0 spiro atoms. The van der Waals surface area contributed by atoms with Crippen molar-refractivity contribution in [3.8, 4) is 11.5 Å². The molecule has 0 aliphatic heterocycles. The zero-order valence-corrected chi connectivity index (χ0v) is 21.0. The predicted molar refractivity (Wildman–Crippen MR) is 152 cm³/mol. The van der Waals surface area contributed by atoms with E-state index in [2.05, 4.69) is 31.0 Å². The van der Waals surface area contributed by atoms with Gasteiger partial charge in [-0.05, 0) is 33.7 Å². The van der Waals surface area contributed by atoms with Crippen molar-refractivity contribution in [1.82, 2.24) is 9.97 Å². The summed E-state index contributed by atoms with van der Waals surface area (Å²) in [6, 6.07) is 23.2. The first-order chi connectivity index (χ1) is 19.1. The van der Waals surface area contributed by atoms with Crippen molar-refractivity contribution in [2.75, 3.05) is 25.1 Å². The van der Waals surface area contributed by atoms with Gasteiger partial charge in [0.2, 0.25) is 11.8 Å². The molecule has 2 N–H and O–H groups in total. The third-order valence-electron chi connectivity index (χ3n) is 5.99. The van der Waals surface area contributed by atoms with Gasteiger partial charge in [0.15, 0.2) is 0 Å². The fraction of sp³-hybridized carbons (Fsp3) is 0.0714. The van der Waals surface area contributed by atoms with Crippen LogP contribution in [0.15, 0.2) is 89.2 Å². The quantitative estimate of drug-likeness (QED) is 0.145. The Morgan fingerprint density at radius 2 is 1.33 bits per heavy atom. The maximum absolute atomic E-state index is 11.6. The van der Waals surface area contributed by atoms with E-state index in [0.29, 0.717) is 17.1 Å². The van der Waals surface area contributed by atoms with Crippen LogP contribution >= 0.6 is 0 Å². The van der Waals surface area contributed by atoms with Gasteiger partial charge < -0.3 is 9.47 Å². The summed E-state index contributed by atoms with van der Waals surface area (Å²) in [6.45, 7) is 0. The second-order valence-electron chi connectivity index (χ2n) is 8.23. The van der Waals surface area contributed by atoms with Crippen molar-refractivity contribution in [3.05, 3.63) is 100 Å². The number of benzene rings is 4. The first-order valence-corrected chi connectivity index (χ1v) is 11.8. The zero-order valence-electron chi connectivity index (χ0n) is 21.0. The van der Waals surface area contributed by atoms with Crippen LogP contribution in [0.3, 0.4) is 0 Å². The van der Waals surface area contributed by atoms with Gasteiger partial charge in [0.25, 0.3) is 0 Å². The Hall–Kier alpha value is -5.58. The molecule has 0 amide bonds. The van der Waals surface area contributed by atoms with Crippen LogP contribution in [0.4, 0.5) is 17.5 Å². The summed E-state index contributed by atoms with van der Waals surface area (Å²) in [7, 11) is 3.15. The molecule has 4 aromatic carbocycles. The van der Waals surface area contributed by atoms with E-state index in [0.717, 1.165) is 33.3 Å². The van der Waals surface area contributed by atoms with E-state index in [1.165, 1.54) is 6.21 Å². The van der Waals surface area contributed by atoms with Gasteiger partial charge in [0.05, 0.1) is 31.6 Å². The van der Waals surface area contributed by atoms with Gasteiger partial charge in [0.1, 0.15) is 17.7 Å². The summed E-state index contributed by atoms with van der Waals surface area (Å²) in [5, 5.41) is 23.9. The van der Waals surface area contributed by atoms with E-state index >= 15 is 0 Å². The Morgan fingerprint density at radius 1 is 0.795 bits per heavy atom. The molecule has 39 heavy (non-hydrogen) atoms. The standard InChI is InChI=1S/C28H23N7O4/c1-38-25-13-11-18-7-3-5-9-20(18)22(25)15-30-33-27-24(35(36)37)17-29-28(32-27)34-31-16-23-21-10-6-4-8-19(21)12-14-26(23)39-2/h3-17H,1-2H3,(H2,29,32,33,34)/b30-15+,31-16+. The minimum absolute atomic E-state index is 0.0384. The van der Waals surface area contributed by atoms with E-state index in [1.54, 1.807) is 20.4 Å². The maximum atomic E-state index is 11.6. The number of rotatable bonds is 9. The number of nitrogens with zero attached hydrogens (tertiary/aromatic N) is 5.